The number of nitrogens with zero attached hydrogens (tertiary/aromatic N) is 3. The molecule has 13 rings (SSSR count). The lowest BCUT2D eigenvalue weighted by Gasteiger charge is -2.12. The molecule has 0 aliphatic carbocycles. The summed E-state index contributed by atoms with van der Waals surface area (Å²) >= 11 is 0. The van der Waals surface area contributed by atoms with Crippen molar-refractivity contribution in [1.29, 1.82) is 0 Å². The minimum atomic E-state index is 1.13. The Bertz CT molecular complexity index is 3770. The largest absolute Gasteiger partial charge is 0.309 e. The van der Waals surface area contributed by atoms with E-state index in [1.807, 2.05) is 0 Å². The van der Waals surface area contributed by atoms with Gasteiger partial charge in [-0.25, -0.2) is 0 Å². The molecule has 0 amide bonds. The first-order chi connectivity index (χ1) is 28.3. The topological polar surface area (TPSA) is 14.3 Å². The van der Waals surface area contributed by atoms with Crippen LogP contribution in [0.5, 0.6) is 0 Å². The van der Waals surface area contributed by atoms with Crippen molar-refractivity contribution in [3.63, 3.8) is 0 Å². The smallest absolute Gasteiger partial charge is 0.0619 e. The number of para-hydroxylation sites is 5. The summed E-state index contributed by atoms with van der Waals surface area (Å²) in [4.78, 5) is 0. The van der Waals surface area contributed by atoms with Crippen LogP contribution < -0.4 is 0 Å². The molecule has 4 aromatic heterocycles. The summed E-state index contributed by atoms with van der Waals surface area (Å²) in [6.45, 7) is 0. The van der Waals surface area contributed by atoms with Crippen LogP contribution in [0.2, 0.25) is 0 Å². The summed E-state index contributed by atoms with van der Waals surface area (Å²) < 4.78 is 7.43. The van der Waals surface area contributed by atoms with E-state index < -0.39 is 0 Å². The molecule has 0 aliphatic rings. The molecule has 13 aromatic rings. The summed E-state index contributed by atoms with van der Waals surface area (Å²) in [7, 11) is 0. The zero-order valence-electron chi connectivity index (χ0n) is 30.9. The lowest BCUT2D eigenvalue weighted by atomic mass is 10.0. The molecule has 0 radical (unpaired) electrons. The van der Waals surface area contributed by atoms with Crippen LogP contribution in [0.15, 0.2) is 200 Å². The molecule has 0 spiro atoms. The predicted octanol–water partition coefficient (Wildman–Crippen LogP) is 14.5. The van der Waals surface area contributed by atoms with E-state index in [0.717, 1.165) is 16.9 Å². The van der Waals surface area contributed by atoms with E-state index in [1.165, 1.54) is 97.7 Å². The molecule has 4 heterocycles. The minimum absolute atomic E-state index is 1.13. The van der Waals surface area contributed by atoms with Crippen LogP contribution in [-0.4, -0.2) is 13.5 Å². The van der Waals surface area contributed by atoms with E-state index in [4.69, 9.17) is 0 Å². The van der Waals surface area contributed by atoms with Gasteiger partial charge in [-0.3, -0.25) is 0 Å². The highest BCUT2D eigenvalue weighted by molar-refractivity contribution is 6.25. The Kier molecular flexibility index (Phi) is 6.16. The molecule has 3 nitrogen and oxygen atoms in total. The van der Waals surface area contributed by atoms with E-state index >= 15 is 0 Å². The summed E-state index contributed by atoms with van der Waals surface area (Å²) in [6, 6.07) is 74.0. The molecule has 0 aliphatic heterocycles. The molecular formula is C54H33N3. The zero-order valence-corrected chi connectivity index (χ0v) is 30.9. The van der Waals surface area contributed by atoms with Crippen molar-refractivity contribution in [1.82, 2.24) is 13.5 Å². The molecule has 0 atom stereocenters. The number of rotatable bonds is 2. The fourth-order valence-electron chi connectivity index (χ4n) is 10.0. The van der Waals surface area contributed by atoms with Crippen molar-refractivity contribution >= 4 is 103 Å². The zero-order chi connectivity index (χ0) is 37.2. The fourth-order valence-corrected chi connectivity index (χ4v) is 10.0. The molecule has 3 heteroatoms. The van der Waals surface area contributed by atoms with Crippen LogP contribution in [0.3, 0.4) is 0 Å². The van der Waals surface area contributed by atoms with E-state index in [-0.39, 0.29) is 0 Å². The van der Waals surface area contributed by atoms with Gasteiger partial charge in [-0.05, 0) is 76.1 Å². The van der Waals surface area contributed by atoms with Crippen LogP contribution >= 0.6 is 0 Å². The van der Waals surface area contributed by atoms with Gasteiger partial charge in [-0.2, -0.15) is 0 Å². The highest BCUT2D eigenvalue weighted by atomic mass is 15.0. The van der Waals surface area contributed by atoms with Gasteiger partial charge in [0.1, 0.15) is 0 Å². The Morgan fingerprint density at radius 2 is 0.561 bits per heavy atom. The van der Waals surface area contributed by atoms with Gasteiger partial charge < -0.3 is 13.5 Å². The third-order valence-electron chi connectivity index (χ3n) is 12.4. The Balaban J connectivity index is 1.26. The van der Waals surface area contributed by atoms with Crippen LogP contribution in [0.4, 0.5) is 0 Å². The highest BCUT2D eigenvalue weighted by Crippen LogP contribution is 2.41. The first-order valence-corrected chi connectivity index (χ1v) is 19.7. The van der Waals surface area contributed by atoms with Crippen molar-refractivity contribution in [2.45, 2.75) is 0 Å². The molecule has 264 valence electrons. The lowest BCUT2D eigenvalue weighted by Crippen LogP contribution is -1.96. The third-order valence-corrected chi connectivity index (χ3v) is 12.4. The maximum Gasteiger partial charge on any atom is 0.0619 e. The van der Waals surface area contributed by atoms with Crippen molar-refractivity contribution in [3.05, 3.63) is 200 Å². The summed E-state index contributed by atoms with van der Waals surface area (Å²) in [5, 5.41) is 14.9. The first kappa shape index (κ1) is 30.7. The van der Waals surface area contributed by atoms with Gasteiger partial charge in [0.2, 0.25) is 0 Å². The second-order valence-corrected chi connectivity index (χ2v) is 15.3. The SMILES string of the molecule is c1ccc2c(c1)c1ccccc1c1cccc3c4cc(-n5c6ccccc6c6ccccc65)ccc4n(c4cc(-n5c6ccccc6c6ccccc65)ccc24)c13. The molecule has 9 aromatic carbocycles. The van der Waals surface area contributed by atoms with Crippen molar-refractivity contribution < 1.29 is 0 Å². The molecule has 0 fully saturated rings. The van der Waals surface area contributed by atoms with Crippen LogP contribution in [0.1, 0.15) is 0 Å². The Morgan fingerprint density at radius 1 is 0.211 bits per heavy atom. The normalized spacial score (nSPS) is 12.2. The highest BCUT2D eigenvalue weighted by Gasteiger charge is 2.19. The third kappa shape index (κ3) is 4.15. The number of hydrogen-bond donors (Lipinski definition) is 0. The van der Waals surface area contributed by atoms with E-state index in [2.05, 4.69) is 214 Å². The van der Waals surface area contributed by atoms with Gasteiger partial charge in [0.05, 0.1) is 38.6 Å². The summed E-state index contributed by atoms with van der Waals surface area (Å²) in [5.74, 6) is 0. The van der Waals surface area contributed by atoms with E-state index in [0.29, 0.717) is 0 Å². The van der Waals surface area contributed by atoms with Gasteiger partial charge in [0.25, 0.3) is 0 Å². The van der Waals surface area contributed by atoms with E-state index in [1.54, 1.807) is 0 Å². The number of fused-ring (bicyclic) bond motifs is 16. The predicted molar refractivity (Wildman–Crippen MR) is 242 cm³/mol. The second-order valence-electron chi connectivity index (χ2n) is 15.3. The van der Waals surface area contributed by atoms with Crippen LogP contribution in [-0.2, 0) is 0 Å². The molecule has 57 heavy (non-hydrogen) atoms. The fraction of sp³-hybridized carbons (Fsp3) is 0. The van der Waals surface area contributed by atoms with Gasteiger partial charge in [0, 0.05) is 54.5 Å². The molecular weight excluding hydrogens is 691 g/mol. The molecule has 0 saturated carbocycles. The van der Waals surface area contributed by atoms with Gasteiger partial charge in [0.15, 0.2) is 0 Å². The monoisotopic (exact) mass is 723 g/mol. The number of benzene rings is 9. The average Bonchev–Trinajstić information content (AvgIpc) is 3.92. The Hall–Kier alpha value is -7.62. The maximum atomic E-state index is 2.56. The molecule has 0 saturated heterocycles. The molecule has 0 N–H and O–H groups in total. The minimum Gasteiger partial charge on any atom is -0.309 e. The van der Waals surface area contributed by atoms with Crippen molar-refractivity contribution in [2.75, 3.05) is 0 Å². The number of aromatic nitrogens is 3. The van der Waals surface area contributed by atoms with Gasteiger partial charge >= 0.3 is 0 Å². The van der Waals surface area contributed by atoms with Gasteiger partial charge in [-0.1, -0.05) is 146 Å². The Labute approximate surface area is 327 Å². The van der Waals surface area contributed by atoms with E-state index in [9.17, 15) is 0 Å². The van der Waals surface area contributed by atoms with Gasteiger partial charge in [-0.15, -0.1) is 0 Å². The van der Waals surface area contributed by atoms with Crippen LogP contribution in [0.25, 0.3) is 115 Å². The molecule has 0 unspecified atom stereocenters. The van der Waals surface area contributed by atoms with Crippen molar-refractivity contribution in [3.8, 4) is 11.4 Å². The van der Waals surface area contributed by atoms with Crippen molar-refractivity contribution in [2.24, 2.45) is 0 Å². The lowest BCUT2D eigenvalue weighted by molar-refractivity contribution is 1.18. The Morgan fingerprint density at radius 3 is 1.07 bits per heavy atom. The standard InChI is InChI=1S/C54H33N3/c1-3-16-38-36(14-1)37-15-2-4-17-39(37)45-22-13-23-46-47-32-34(55-48-24-9-5-18-40(48)41-19-6-10-25-49(41)55)29-31-52(47)57(54(45)46)53-33-35(28-30-44(38)53)56-50-26-11-7-20-42(50)43-21-8-12-27-51(43)56/h1-33H. The second kappa shape index (κ2) is 11.5. The van der Waals surface area contributed by atoms with Crippen LogP contribution in [0, 0.1) is 0 Å². The summed E-state index contributed by atoms with van der Waals surface area (Å²) in [5.41, 5.74) is 10.7. The molecule has 0 bridgehead atoms. The quantitative estimate of drug-likeness (QED) is 0.169. The summed E-state index contributed by atoms with van der Waals surface area (Å²) in [6.07, 6.45) is 0. The first-order valence-electron chi connectivity index (χ1n) is 19.7. The maximum absolute atomic E-state index is 2.56. The number of hydrogen-bond acceptors (Lipinski definition) is 0. The average molecular weight is 724 g/mol.